The lowest BCUT2D eigenvalue weighted by molar-refractivity contribution is 0.284. The molecular weight excluding hydrogens is 276 g/mol. The van der Waals surface area contributed by atoms with Gasteiger partial charge in [-0.15, -0.1) is 0 Å². The molecule has 0 aliphatic heterocycles. The number of allylic oxidation sites excluding steroid dienone is 1. The highest BCUT2D eigenvalue weighted by atomic mass is 16.5. The maximum atomic E-state index is 8.90. The second kappa shape index (κ2) is 7.52. The Hall–Kier alpha value is -3.24. The molecule has 0 aliphatic carbocycles. The predicted molar refractivity (Wildman–Crippen MR) is 83.0 cm³/mol. The maximum absolute atomic E-state index is 8.90. The third kappa shape index (κ3) is 3.65. The van der Waals surface area contributed by atoms with Crippen molar-refractivity contribution in [2.24, 2.45) is 0 Å². The number of nitrogens with zero attached hydrogens (tertiary/aromatic N) is 2. The largest absolute Gasteiger partial charge is 0.493 e. The smallest absolute Gasteiger partial charge is 0.168 e. The number of ether oxygens (including phenoxy) is 2. The molecule has 2 aromatic carbocycles. The first-order valence-corrected chi connectivity index (χ1v) is 6.64. The highest BCUT2D eigenvalue weighted by Crippen LogP contribution is 2.33. The molecule has 0 aromatic heterocycles. The molecule has 4 heteroatoms. The summed E-state index contributed by atoms with van der Waals surface area (Å²) in [5.74, 6) is 1.07. The van der Waals surface area contributed by atoms with Crippen molar-refractivity contribution in [3.8, 4) is 23.6 Å². The van der Waals surface area contributed by atoms with Crippen molar-refractivity contribution in [1.29, 1.82) is 10.5 Å². The number of para-hydroxylation sites is 1. The van der Waals surface area contributed by atoms with Crippen LogP contribution in [0.15, 0.2) is 54.1 Å². The van der Waals surface area contributed by atoms with E-state index in [-0.39, 0.29) is 5.57 Å². The number of rotatable bonds is 5. The first kappa shape index (κ1) is 15.2. The Morgan fingerprint density at radius 2 is 1.77 bits per heavy atom. The molecule has 2 rings (SSSR count). The van der Waals surface area contributed by atoms with Crippen LogP contribution in [-0.2, 0) is 6.61 Å². The summed E-state index contributed by atoms with van der Waals surface area (Å²) in [4.78, 5) is 0. The standard InChI is InChI=1S/C18H14N2O2/c1-21-17-9-5-8-16(10-15(11-19)12-20)18(17)22-13-14-6-3-2-4-7-14/h2-10H,13H2,1H3. The minimum absolute atomic E-state index is 0.0119. The van der Waals surface area contributed by atoms with E-state index in [0.29, 0.717) is 23.7 Å². The van der Waals surface area contributed by atoms with Crippen molar-refractivity contribution in [3.05, 3.63) is 65.2 Å². The fourth-order valence-electron chi connectivity index (χ4n) is 1.94. The zero-order chi connectivity index (χ0) is 15.8. The van der Waals surface area contributed by atoms with E-state index >= 15 is 0 Å². The summed E-state index contributed by atoms with van der Waals surface area (Å²) in [7, 11) is 1.55. The minimum atomic E-state index is 0.0119. The van der Waals surface area contributed by atoms with E-state index in [2.05, 4.69) is 0 Å². The second-order valence-electron chi connectivity index (χ2n) is 4.43. The van der Waals surface area contributed by atoms with Crippen molar-refractivity contribution < 1.29 is 9.47 Å². The van der Waals surface area contributed by atoms with Crippen LogP contribution in [0.25, 0.3) is 6.08 Å². The van der Waals surface area contributed by atoms with Gasteiger partial charge < -0.3 is 9.47 Å². The molecule has 0 saturated heterocycles. The summed E-state index contributed by atoms with van der Waals surface area (Å²) in [5, 5.41) is 17.8. The number of hydrogen-bond acceptors (Lipinski definition) is 4. The number of methoxy groups -OCH3 is 1. The van der Waals surface area contributed by atoms with Crippen LogP contribution in [0.2, 0.25) is 0 Å². The molecule has 0 saturated carbocycles. The Kier molecular flexibility index (Phi) is 5.18. The van der Waals surface area contributed by atoms with Crippen LogP contribution in [0.5, 0.6) is 11.5 Å². The van der Waals surface area contributed by atoms with Gasteiger partial charge in [0.2, 0.25) is 0 Å². The van der Waals surface area contributed by atoms with Gasteiger partial charge in [0.25, 0.3) is 0 Å². The Labute approximate surface area is 129 Å². The average Bonchev–Trinajstić information content (AvgIpc) is 2.58. The summed E-state index contributed by atoms with van der Waals surface area (Å²) in [5.41, 5.74) is 1.66. The van der Waals surface area contributed by atoms with Crippen molar-refractivity contribution in [2.75, 3.05) is 7.11 Å². The van der Waals surface area contributed by atoms with E-state index < -0.39 is 0 Å². The summed E-state index contributed by atoms with van der Waals surface area (Å²) < 4.78 is 11.1. The molecule has 0 bridgehead atoms. The second-order valence-corrected chi connectivity index (χ2v) is 4.43. The lowest BCUT2D eigenvalue weighted by Gasteiger charge is -2.13. The lowest BCUT2D eigenvalue weighted by atomic mass is 10.1. The van der Waals surface area contributed by atoms with Crippen LogP contribution in [0.3, 0.4) is 0 Å². The Balaban J connectivity index is 2.34. The van der Waals surface area contributed by atoms with E-state index in [0.717, 1.165) is 5.56 Å². The third-order valence-corrected chi connectivity index (χ3v) is 3.00. The molecule has 0 aliphatic rings. The van der Waals surface area contributed by atoms with Gasteiger partial charge in [0.15, 0.2) is 11.5 Å². The number of hydrogen-bond donors (Lipinski definition) is 0. The van der Waals surface area contributed by atoms with Crippen LogP contribution in [0, 0.1) is 22.7 Å². The van der Waals surface area contributed by atoms with E-state index in [9.17, 15) is 0 Å². The van der Waals surface area contributed by atoms with E-state index in [1.54, 1.807) is 25.3 Å². The fourth-order valence-corrected chi connectivity index (χ4v) is 1.94. The van der Waals surface area contributed by atoms with E-state index in [1.807, 2.05) is 42.5 Å². The zero-order valence-corrected chi connectivity index (χ0v) is 12.1. The van der Waals surface area contributed by atoms with Gasteiger partial charge in [-0.2, -0.15) is 10.5 Å². The van der Waals surface area contributed by atoms with Gasteiger partial charge in [0.05, 0.1) is 7.11 Å². The predicted octanol–water partition coefficient (Wildman–Crippen LogP) is 3.70. The van der Waals surface area contributed by atoms with Gasteiger partial charge >= 0.3 is 0 Å². The van der Waals surface area contributed by atoms with Crippen LogP contribution in [0.4, 0.5) is 0 Å². The maximum Gasteiger partial charge on any atom is 0.168 e. The molecule has 0 atom stereocenters. The highest BCUT2D eigenvalue weighted by Gasteiger charge is 2.10. The quantitative estimate of drug-likeness (QED) is 0.787. The van der Waals surface area contributed by atoms with Crippen molar-refractivity contribution in [1.82, 2.24) is 0 Å². The van der Waals surface area contributed by atoms with Gasteiger partial charge in [-0.1, -0.05) is 42.5 Å². The monoisotopic (exact) mass is 290 g/mol. The van der Waals surface area contributed by atoms with Gasteiger partial charge in [0.1, 0.15) is 24.3 Å². The van der Waals surface area contributed by atoms with E-state index in [4.69, 9.17) is 20.0 Å². The molecule has 0 spiro atoms. The molecule has 0 N–H and O–H groups in total. The molecule has 0 fully saturated rings. The first-order chi connectivity index (χ1) is 10.8. The molecule has 108 valence electrons. The van der Waals surface area contributed by atoms with Crippen LogP contribution >= 0.6 is 0 Å². The average molecular weight is 290 g/mol. The third-order valence-electron chi connectivity index (χ3n) is 3.00. The Morgan fingerprint density at radius 3 is 2.41 bits per heavy atom. The van der Waals surface area contributed by atoms with Crippen LogP contribution < -0.4 is 9.47 Å². The molecule has 2 aromatic rings. The van der Waals surface area contributed by atoms with Crippen molar-refractivity contribution in [2.45, 2.75) is 6.61 Å². The Morgan fingerprint density at radius 1 is 1.05 bits per heavy atom. The summed E-state index contributed by atoms with van der Waals surface area (Å²) in [6.45, 7) is 0.372. The number of benzene rings is 2. The van der Waals surface area contributed by atoms with Gasteiger partial charge in [0, 0.05) is 5.56 Å². The van der Waals surface area contributed by atoms with Crippen LogP contribution in [-0.4, -0.2) is 7.11 Å². The molecule has 0 heterocycles. The Bertz CT molecular complexity index is 737. The van der Waals surface area contributed by atoms with Crippen molar-refractivity contribution >= 4 is 6.08 Å². The van der Waals surface area contributed by atoms with Gasteiger partial charge in [-0.3, -0.25) is 0 Å². The van der Waals surface area contributed by atoms with E-state index in [1.165, 1.54) is 6.08 Å². The fraction of sp³-hybridized carbons (Fsp3) is 0.111. The molecule has 4 nitrogen and oxygen atoms in total. The van der Waals surface area contributed by atoms with Crippen molar-refractivity contribution in [3.63, 3.8) is 0 Å². The molecule has 22 heavy (non-hydrogen) atoms. The van der Waals surface area contributed by atoms with Gasteiger partial charge in [-0.05, 0) is 17.7 Å². The van der Waals surface area contributed by atoms with Crippen LogP contribution in [0.1, 0.15) is 11.1 Å². The first-order valence-electron chi connectivity index (χ1n) is 6.64. The summed E-state index contributed by atoms with van der Waals surface area (Å²) in [6.07, 6.45) is 1.49. The molecular formula is C18H14N2O2. The van der Waals surface area contributed by atoms with Gasteiger partial charge in [-0.25, -0.2) is 0 Å². The molecule has 0 unspecified atom stereocenters. The normalized spacial score (nSPS) is 9.23. The minimum Gasteiger partial charge on any atom is -0.493 e. The SMILES string of the molecule is COc1cccc(C=C(C#N)C#N)c1OCc1ccccc1. The number of nitriles is 2. The summed E-state index contributed by atoms with van der Waals surface area (Å²) >= 11 is 0. The highest BCUT2D eigenvalue weighted by molar-refractivity contribution is 5.69. The lowest BCUT2D eigenvalue weighted by Crippen LogP contribution is -1.99. The summed E-state index contributed by atoms with van der Waals surface area (Å²) in [6, 6.07) is 18.7. The molecule has 0 amide bonds. The zero-order valence-electron chi connectivity index (χ0n) is 12.1. The topological polar surface area (TPSA) is 66.0 Å². The molecule has 0 radical (unpaired) electrons.